The van der Waals surface area contributed by atoms with Crippen molar-refractivity contribution in [2.75, 3.05) is 25.0 Å². The number of hydrogen-bond acceptors (Lipinski definition) is 3. The maximum atomic E-state index is 11.6. The van der Waals surface area contributed by atoms with E-state index >= 15 is 0 Å². The highest BCUT2D eigenvalue weighted by atomic mass is 16.1. The highest BCUT2D eigenvalue weighted by molar-refractivity contribution is 5.96. The molecule has 0 amide bonds. The van der Waals surface area contributed by atoms with E-state index in [2.05, 4.69) is 31.0 Å². The van der Waals surface area contributed by atoms with Crippen LogP contribution in [0.2, 0.25) is 0 Å². The Morgan fingerprint density at radius 3 is 2.29 bits per heavy atom. The highest BCUT2D eigenvalue weighted by Crippen LogP contribution is 2.13. The molecule has 0 aliphatic heterocycles. The Balaban J connectivity index is 2.37. The third kappa shape index (κ3) is 6.30. The molecule has 1 atom stereocenters. The fourth-order valence-electron chi connectivity index (χ4n) is 2.47. The SMILES string of the molecule is CCC(=O)c1ccc(NC(C)CCCN(CC)CC)cc1. The lowest BCUT2D eigenvalue weighted by atomic mass is 10.1. The minimum absolute atomic E-state index is 0.203. The van der Waals surface area contributed by atoms with Crippen molar-refractivity contribution in [1.29, 1.82) is 0 Å². The summed E-state index contributed by atoms with van der Waals surface area (Å²) in [5, 5.41) is 3.51. The molecule has 0 aliphatic rings. The van der Waals surface area contributed by atoms with Gasteiger partial charge in [0.05, 0.1) is 0 Å². The van der Waals surface area contributed by atoms with Gasteiger partial charge in [0.15, 0.2) is 5.78 Å². The van der Waals surface area contributed by atoms with E-state index in [4.69, 9.17) is 0 Å². The molecule has 21 heavy (non-hydrogen) atoms. The van der Waals surface area contributed by atoms with Crippen LogP contribution in [0.3, 0.4) is 0 Å². The minimum atomic E-state index is 0.203. The first-order valence-electron chi connectivity index (χ1n) is 8.22. The lowest BCUT2D eigenvalue weighted by Gasteiger charge is -2.20. The number of anilines is 1. The van der Waals surface area contributed by atoms with E-state index in [9.17, 15) is 4.79 Å². The molecule has 0 saturated carbocycles. The van der Waals surface area contributed by atoms with Crippen molar-refractivity contribution in [2.45, 2.75) is 53.0 Å². The van der Waals surface area contributed by atoms with Gasteiger partial charge in [0.1, 0.15) is 0 Å². The van der Waals surface area contributed by atoms with E-state index in [0.717, 1.165) is 30.8 Å². The molecule has 0 spiro atoms. The summed E-state index contributed by atoms with van der Waals surface area (Å²) in [5.74, 6) is 0.203. The molecule has 0 fully saturated rings. The van der Waals surface area contributed by atoms with Crippen molar-refractivity contribution >= 4 is 11.5 Å². The number of nitrogens with one attached hydrogen (secondary N) is 1. The molecular formula is C18H30N2O. The normalized spacial score (nSPS) is 12.4. The van der Waals surface area contributed by atoms with Crippen LogP contribution in [0.4, 0.5) is 5.69 Å². The first-order chi connectivity index (χ1) is 10.1. The Hall–Kier alpha value is -1.35. The Kier molecular flexibility index (Phi) is 8.06. The van der Waals surface area contributed by atoms with Gasteiger partial charge in [-0.05, 0) is 63.7 Å². The number of carbonyl (C=O) groups excluding carboxylic acids is 1. The molecule has 1 rings (SSSR count). The summed E-state index contributed by atoms with van der Waals surface area (Å²) in [6.07, 6.45) is 2.93. The quantitative estimate of drug-likeness (QED) is 0.655. The Morgan fingerprint density at radius 1 is 1.14 bits per heavy atom. The summed E-state index contributed by atoms with van der Waals surface area (Å²) >= 11 is 0. The van der Waals surface area contributed by atoms with Gasteiger partial charge in [-0.15, -0.1) is 0 Å². The van der Waals surface area contributed by atoms with E-state index in [0.29, 0.717) is 12.5 Å². The maximum absolute atomic E-state index is 11.6. The molecule has 3 nitrogen and oxygen atoms in total. The molecule has 0 aromatic heterocycles. The van der Waals surface area contributed by atoms with Gasteiger partial charge in [0, 0.05) is 23.7 Å². The molecule has 1 N–H and O–H groups in total. The van der Waals surface area contributed by atoms with Crippen LogP contribution in [0, 0.1) is 0 Å². The second-order valence-electron chi connectivity index (χ2n) is 5.57. The van der Waals surface area contributed by atoms with Crippen LogP contribution in [-0.4, -0.2) is 36.4 Å². The Bertz CT molecular complexity index is 410. The van der Waals surface area contributed by atoms with E-state index in [-0.39, 0.29) is 5.78 Å². The predicted octanol–water partition coefficient (Wildman–Crippen LogP) is 4.20. The van der Waals surface area contributed by atoms with E-state index in [1.165, 1.54) is 13.0 Å². The molecule has 0 radical (unpaired) electrons. The number of nitrogens with zero attached hydrogens (tertiary/aromatic N) is 1. The van der Waals surface area contributed by atoms with Crippen LogP contribution < -0.4 is 5.32 Å². The zero-order valence-corrected chi connectivity index (χ0v) is 14.0. The Morgan fingerprint density at radius 2 is 1.76 bits per heavy atom. The molecule has 0 saturated heterocycles. The molecule has 3 heteroatoms. The molecule has 118 valence electrons. The van der Waals surface area contributed by atoms with Crippen LogP contribution in [0.15, 0.2) is 24.3 Å². The number of carbonyl (C=O) groups is 1. The largest absolute Gasteiger partial charge is 0.383 e. The zero-order chi connectivity index (χ0) is 15.7. The third-order valence-electron chi connectivity index (χ3n) is 3.95. The summed E-state index contributed by atoms with van der Waals surface area (Å²) in [6, 6.07) is 8.29. The van der Waals surface area contributed by atoms with Gasteiger partial charge in [-0.3, -0.25) is 4.79 Å². The van der Waals surface area contributed by atoms with Crippen LogP contribution >= 0.6 is 0 Å². The third-order valence-corrected chi connectivity index (χ3v) is 3.95. The summed E-state index contributed by atoms with van der Waals surface area (Å²) < 4.78 is 0. The van der Waals surface area contributed by atoms with Crippen LogP contribution in [0.5, 0.6) is 0 Å². The van der Waals surface area contributed by atoms with Gasteiger partial charge in [0.2, 0.25) is 0 Å². The van der Waals surface area contributed by atoms with E-state index < -0.39 is 0 Å². The van der Waals surface area contributed by atoms with E-state index in [1.807, 2.05) is 31.2 Å². The number of benzene rings is 1. The van der Waals surface area contributed by atoms with Gasteiger partial charge in [-0.2, -0.15) is 0 Å². The van der Waals surface area contributed by atoms with Gasteiger partial charge < -0.3 is 10.2 Å². The maximum Gasteiger partial charge on any atom is 0.162 e. The highest BCUT2D eigenvalue weighted by Gasteiger charge is 2.06. The molecule has 1 unspecified atom stereocenters. The fourth-order valence-corrected chi connectivity index (χ4v) is 2.47. The number of rotatable bonds is 10. The van der Waals surface area contributed by atoms with Crippen molar-refractivity contribution in [3.05, 3.63) is 29.8 Å². The lowest BCUT2D eigenvalue weighted by Crippen LogP contribution is -2.25. The van der Waals surface area contributed by atoms with Crippen molar-refractivity contribution in [3.8, 4) is 0 Å². The van der Waals surface area contributed by atoms with Gasteiger partial charge >= 0.3 is 0 Å². The second kappa shape index (κ2) is 9.56. The summed E-state index contributed by atoms with van der Waals surface area (Å²) in [6.45, 7) is 12.0. The summed E-state index contributed by atoms with van der Waals surface area (Å²) in [5.41, 5.74) is 1.90. The smallest absolute Gasteiger partial charge is 0.162 e. The van der Waals surface area contributed by atoms with Gasteiger partial charge in [-0.1, -0.05) is 20.8 Å². The predicted molar refractivity (Wildman–Crippen MR) is 91.2 cm³/mol. The fraction of sp³-hybridized carbons (Fsp3) is 0.611. The van der Waals surface area contributed by atoms with Gasteiger partial charge in [-0.25, -0.2) is 0 Å². The van der Waals surface area contributed by atoms with Crippen molar-refractivity contribution in [3.63, 3.8) is 0 Å². The first-order valence-corrected chi connectivity index (χ1v) is 8.22. The van der Waals surface area contributed by atoms with Crippen LogP contribution in [0.1, 0.15) is 57.3 Å². The first kappa shape index (κ1) is 17.7. The van der Waals surface area contributed by atoms with E-state index in [1.54, 1.807) is 0 Å². The van der Waals surface area contributed by atoms with Crippen molar-refractivity contribution < 1.29 is 4.79 Å². The topological polar surface area (TPSA) is 32.3 Å². The summed E-state index contributed by atoms with van der Waals surface area (Å²) in [7, 11) is 0. The van der Waals surface area contributed by atoms with Gasteiger partial charge in [0.25, 0.3) is 0 Å². The summed E-state index contributed by atoms with van der Waals surface area (Å²) in [4.78, 5) is 14.0. The minimum Gasteiger partial charge on any atom is -0.383 e. The average molecular weight is 290 g/mol. The number of ketones is 1. The molecule has 1 aromatic carbocycles. The average Bonchev–Trinajstić information content (AvgIpc) is 2.51. The molecular weight excluding hydrogens is 260 g/mol. The number of Topliss-reactive ketones (excluding diaryl/α,β-unsaturated/α-hetero) is 1. The van der Waals surface area contributed by atoms with Crippen molar-refractivity contribution in [1.82, 2.24) is 4.90 Å². The second-order valence-corrected chi connectivity index (χ2v) is 5.57. The Labute approximate surface area is 129 Å². The molecule has 0 heterocycles. The number of hydrogen-bond donors (Lipinski definition) is 1. The van der Waals surface area contributed by atoms with Crippen LogP contribution in [-0.2, 0) is 0 Å². The molecule has 0 aliphatic carbocycles. The zero-order valence-electron chi connectivity index (χ0n) is 14.0. The monoisotopic (exact) mass is 290 g/mol. The molecule has 1 aromatic rings. The van der Waals surface area contributed by atoms with Crippen LogP contribution in [0.25, 0.3) is 0 Å². The van der Waals surface area contributed by atoms with Crippen molar-refractivity contribution in [2.24, 2.45) is 0 Å². The molecule has 0 bridgehead atoms. The standard InChI is InChI=1S/C18H30N2O/c1-5-18(21)16-10-12-17(13-11-16)19-15(4)9-8-14-20(6-2)7-3/h10-13,15,19H,5-9,14H2,1-4H3. The lowest BCUT2D eigenvalue weighted by molar-refractivity contribution is 0.0988.